The molecule has 1 aliphatic heterocycles. The van der Waals surface area contributed by atoms with Crippen LogP contribution < -0.4 is 10.0 Å². The van der Waals surface area contributed by atoms with Crippen LogP contribution in [0.3, 0.4) is 0 Å². The number of amides is 2. The van der Waals surface area contributed by atoms with E-state index in [9.17, 15) is 33.0 Å². The Kier molecular flexibility index (Phi) is 4.39. The zero-order chi connectivity index (χ0) is 21.6. The predicted octanol–water partition coefficient (Wildman–Crippen LogP) is 1.39. The number of nitrogens with zero attached hydrogens (tertiary/aromatic N) is 1. The van der Waals surface area contributed by atoms with Gasteiger partial charge in [-0.05, 0) is 60.2 Å². The molecule has 0 spiro atoms. The van der Waals surface area contributed by atoms with E-state index in [4.69, 9.17) is 0 Å². The van der Waals surface area contributed by atoms with Crippen molar-refractivity contribution in [1.82, 2.24) is 0 Å². The molecule has 0 aromatic heterocycles. The van der Waals surface area contributed by atoms with Crippen LogP contribution in [0.4, 0.5) is 5.69 Å². The van der Waals surface area contributed by atoms with Gasteiger partial charge < -0.3 is 15.0 Å². The van der Waals surface area contributed by atoms with Crippen LogP contribution in [0, 0.1) is 0 Å². The highest BCUT2D eigenvalue weighted by molar-refractivity contribution is 7.91. The summed E-state index contributed by atoms with van der Waals surface area (Å²) in [5.41, 5.74) is 0.0503. The summed E-state index contributed by atoms with van der Waals surface area (Å²) in [6.45, 7) is 0. The molecule has 0 bridgehead atoms. The van der Waals surface area contributed by atoms with Crippen molar-refractivity contribution in [1.29, 1.82) is 0 Å². The van der Waals surface area contributed by atoms with Crippen molar-refractivity contribution in [2.24, 2.45) is 0 Å². The number of carbonyl (C=O) groups excluding carboxylic acids is 3. The van der Waals surface area contributed by atoms with E-state index in [1.807, 2.05) is 0 Å². The zero-order valence-electron chi connectivity index (χ0n) is 15.1. The molecule has 0 saturated carbocycles. The van der Waals surface area contributed by atoms with Gasteiger partial charge in [-0.1, -0.05) is 12.1 Å². The summed E-state index contributed by atoms with van der Waals surface area (Å²) in [5.74, 6) is -2.77. The van der Waals surface area contributed by atoms with Gasteiger partial charge >= 0.3 is 0 Å². The van der Waals surface area contributed by atoms with Gasteiger partial charge in [0.15, 0.2) is 0 Å². The Balaban J connectivity index is 1.73. The smallest absolute Gasteiger partial charge is 0.266 e. The Morgan fingerprint density at radius 1 is 0.800 bits per heavy atom. The van der Waals surface area contributed by atoms with Gasteiger partial charge in [-0.2, -0.15) is 0 Å². The number of rotatable bonds is 4. The maximum atomic E-state index is 12.9. The number of anilines is 1. The number of hydrogen-bond donors (Lipinski definition) is 1. The second kappa shape index (κ2) is 6.82. The van der Waals surface area contributed by atoms with Crippen molar-refractivity contribution in [3.8, 4) is 5.75 Å². The number of phenolic OH excluding ortho intramolecular Hbond substituents is 1. The molecule has 30 heavy (non-hydrogen) atoms. The topological polar surface area (TPSA) is 132 Å². The van der Waals surface area contributed by atoms with Crippen LogP contribution in [-0.2, 0) is 9.84 Å². The molecule has 8 nitrogen and oxygen atoms in total. The van der Waals surface area contributed by atoms with Crippen LogP contribution in [-0.4, -0.2) is 31.3 Å². The summed E-state index contributed by atoms with van der Waals surface area (Å²) < 4.78 is 25.8. The Bertz CT molecular complexity index is 1310. The van der Waals surface area contributed by atoms with Crippen LogP contribution in [0.5, 0.6) is 5.75 Å². The average molecular weight is 422 g/mol. The molecule has 0 radical (unpaired) electrons. The minimum atomic E-state index is -4.06. The molecule has 1 N–H and O–H groups in total. The van der Waals surface area contributed by atoms with Crippen molar-refractivity contribution in [3.05, 3.63) is 83.4 Å². The van der Waals surface area contributed by atoms with Gasteiger partial charge in [0.2, 0.25) is 9.84 Å². The minimum absolute atomic E-state index is 0.0339. The van der Waals surface area contributed by atoms with E-state index < -0.39 is 27.6 Å². The van der Waals surface area contributed by atoms with E-state index >= 15 is 0 Å². The number of phenols is 1. The summed E-state index contributed by atoms with van der Waals surface area (Å²) in [6, 6.07) is 13.5. The second-order valence-electron chi connectivity index (χ2n) is 6.48. The van der Waals surface area contributed by atoms with E-state index in [2.05, 4.69) is 0 Å². The highest BCUT2D eigenvalue weighted by atomic mass is 32.2. The van der Waals surface area contributed by atoms with Gasteiger partial charge in [0.25, 0.3) is 11.8 Å². The molecular weight excluding hydrogens is 410 g/mol. The molecule has 3 aromatic rings. The van der Waals surface area contributed by atoms with E-state index in [1.165, 1.54) is 36.4 Å². The quantitative estimate of drug-likeness (QED) is 0.628. The fraction of sp³-hybridized carbons (Fsp3) is 0. The number of carboxylic acids is 1. The third kappa shape index (κ3) is 3.01. The Morgan fingerprint density at radius 3 is 1.97 bits per heavy atom. The van der Waals surface area contributed by atoms with Crippen molar-refractivity contribution in [2.45, 2.75) is 9.79 Å². The number of imide groups is 1. The standard InChI is InChI=1S/C21H13NO7S/c23-14-5-3-13(4-6-14)22-19(24)17-10-9-16(11-18(17)20(22)25)30(28,29)15-7-1-12(2-8-15)21(26)27/h1-11,23H,(H,26,27)/p-1. The third-order valence-corrected chi connectivity index (χ3v) is 6.44. The highest BCUT2D eigenvalue weighted by Gasteiger charge is 2.37. The first kappa shape index (κ1) is 19.3. The first-order chi connectivity index (χ1) is 14.2. The Hall–Kier alpha value is -3.98. The lowest BCUT2D eigenvalue weighted by Gasteiger charge is -2.13. The molecule has 150 valence electrons. The molecule has 0 aliphatic carbocycles. The molecule has 1 heterocycles. The molecule has 0 saturated heterocycles. The summed E-state index contributed by atoms with van der Waals surface area (Å²) in [4.78, 5) is 36.8. The maximum Gasteiger partial charge on any atom is 0.266 e. The van der Waals surface area contributed by atoms with Gasteiger partial charge in [0.05, 0.1) is 32.6 Å². The van der Waals surface area contributed by atoms with E-state index in [1.54, 1.807) is 0 Å². The maximum absolute atomic E-state index is 12.9. The number of sulfone groups is 1. The van der Waals surface area contributed by atoms with Crippen LogP contribution in [0.15, 0.2) is 76.5 Å². The first-order valence-electron chi connectivity index (χ1n) is 8.58. The number of benzene rings is 3. The molecular formula is C21H12NO7S-. The summed E-state index contributed by atoms with van der Waals surface area (Å²) >= 11 is 0. The number of carbonyl (C=O) groups is 3. The minimum Gasteiger partial charge on any atom is -0.545 e. The van der Waals surface area contributed by atoms with Gasteiger partial charge in [-0.25, -0.2) is 13.3 Å². The Morgan fingerprint density at radius 2 is 1.37 bits per heavy atom. The van der Waals surface area contributed by atoms with Crippen molar-refractivity contribution in [2.75, 3.05) is 4.90 Å². The lowest BCUT2D eigenvalue weighted by molar-refractivity contribution is -0.255. The van der Waals surface area contributed by atoms with Crippen molar-refractivity contribution in [3.63, 3.8) is 0 Å². The lowest BCUT2D eigenvalue weighted by Crippen LogP contribution is -2.29. The first-order valence-corrected chi connectivity index (χ1v) is 10.1. The summed E-state index contributed by atoms with van der Waals surface area (Å²) in [7, 11) is -4.06. The fourth-order valence-electron chi connectivity index (χ4n) is 3.13. The van der Waals surface area contributed by atoms with E-state index in [0.717, 1.165) is 35.2 Å². The second-order valence-corrected chi connectivity index (χ2v) is 8.43. The molecule has 0 atom stereocenters. The third-order valence-electron chi connectivity index (χ3n) is 4.68. The van der Waals surface area contributed by atoms with Gasteiger partial charge in [-0.3, -0.25) is 9.59 Å². The molecule has 0 unspecified atom stereocenters. The van der Waals surface area contributed by atoms with E-state index in [-0.39, 0.29) is 37.9 Å². The van der Waals surface area contributed by atoms with Gasteiger partial charge in [-0.15, -0.1) is 0 Å². The normalized spacial score (nSPS) is 13.4. The highest BCUT2D eigenvalue weighted by Crippen LogP contribution is 2.32. The van der Waals surface area contributed by atoms with Crippen molar-refractivity contribution < 1.29 is 33.0 Å². The van der Waals surface area contributed by atoms with E-state index in [0.29, 0.717) is 0 Å². The number of hydrogen-bond acceptors (Lipinski definition) is 7. The van der Waals surface area contributed by atoms with Crippen LogP contribution >= 0.6 is 0 Å². The molecule has 9 heteroatoms. The zero-order valence-corrected chi connectivity index (χ0v) is 15.9. The lowest BCUT2D eigenvalue weighted by atomic mass is 10.1. The van der Waals surface area contributed by atoms with Gasteiger partial charge in [0.1, 0.15) is 5.75 Å². The molecule has 3 aromatic carbocycles. The van der Waals surface area contributed by atoms with Gasteiger partial charge in [0, 0.05) is 0 Å². The summed E-state index contributed by atoms with van der Waals surface area (Å²) in [6.07, 6.45) is 0. The number of fused-ring (bicyclic) bond motifs is 1. The largest absolute Gasteiger partial charge is 0.545 e. The fourth-order valence-corrected chi connectivity index (χ4v) is 4.42. The Labute approximate surface area is 170 Å². The molecule has 4 rings (SSSR count). The predicted molar refractivity (Wildman–Crippen MR) is 102 cm³/mol. The number of aromatic carboxylic acids is 1. The molecule has 0 fully saturated rings. The van der Waals surface area contributed by atoms with Crippen molar-refractivity contribution >= 4 is 33.3 Å². The average Bonchev–Trinajstić information content (AvgIpc) is 2.99. The number of carboxylic acid groups (broad SMARTS) is 1. The molecule has 2 amide bonds. The van der Waals surface area contributed by atoms with Crippen LogP contribution in [0.1, 0.15) is 31.1 Å². The van der Waals surface area contributed by atoms with Crippen LogP contribution in [0.25, 0.3) is 0 Å². The number of aromatic hydroxyl groups is 1. The monoisotopic (exact) mass is 422 g/mol. The SMILES string of the molecule is O=C([O-])c1ccc(S(=O)(=O)c2ccc3c(c2)C(=O)N(c2ccc(O)cc2)C3=O)cc1. The summed E-state index contributed by atoms with van der Waals surface area (Å²) in [5, 5.41) is 20.2. The molecule has 1 aliphatic rings. The van der Waals surface area contributed by atoms with Crippen LogP contribution in [0.2, 0.25) is 0 Å².